The number of fused-ring (bicyclic) bond motifs is 1. The van der Waals surface area contributed by atoms with E-state index in [4.69, 9.17) is 9.84 Å². The van der Waals surface area contributed by atoms with Crippen LogP contribution in [0.3, 0.4) is 0 Å². The van der Waals surface area contributed by atoms with Crippen molar-refractivity contribution in [2.75, 3.05) is 18.2 Å². The summed E-state index contributed by atoms with van der Waals surface area (Å²) in [6.07, 6.45) is 2.23. The maximum Gasteiger partial charge on any atom is 0.335 e. The number of nitrogens with zero attached hydrogens (tertiary/aromatic N) is 1. The van der Waals surface area contributed by atoms with E-state index in [-0.39, 0.29) is 5.56 Å². The first-order valence-corrected chi connectivity index (χ1v) is 7.03. The van der Waals surface area contributed by atoms with E-state index in [0.29, 0.717) is 12.5 Å². The largest absolute Gasteiger partial charge is 0.478 e. The van der Waals surface area contributed by atoms with E-state index in [1.807, 2.05) is 6.07 Å². The molecular weight excluding hydrogens is 266 g/mol. The molecule has 4 nitrogen and oxygen atoms in total. The Morgan fingerprint density at radius 3 is 2.67 bits per heavy atom. The second kappa shape index (κ2) is 5.87. The minimum atomic E-state index is -0.925. The maximum absolute atomic E-state index is 10.8. The van der Waals surface area contributed by atoms with Crippen molar-refractivity contribution >= 4 is 11.7 Å². The van der Waals surface area contributed by atoms with Crippen molar-refractivity contribution in [3.8, 4) is 5.75 Å². The van der Waals surface area contributed by atoms with Gasteiger partial charge in [0.05, 0.1) is 5.56 Å². The van der Waals surface area contributed by atoms with Crippen molar-refractivity contribution in [1.29, 1.82) is 0 Å². The number of hydrogen-bond acceptors (Lipinski definition) is 3. The third-order valence-electron chi connectivity index (χ3n) is 3.69. The van der Waals surface area contributed by atoms with Gasteiger partial charge < -0.3 is 14.7 Å². The Bertz CT molecular complexity index is 637. The summed E-state index contributed by atoms with van der Waals surface area (Å²) in [6, 6.07) is 14.9. The highest BCUT2D eigenvalue weighted by Crippen LogP contribution is 2.26. The van der Waals surface area contributed by atoms with Gasteiger partial charge >= 0.3 is 5.97 Å². The van der Waals surface area contributed by atoms with Crippen LogP contribution in [0.25, 0.3) is 0 Å². The molecule has 1 aliphatic rings. The topological polar surface area (TPSA) is 49.8 Å². The summed E-state index contributed by atoms with van der Waals surface area (Å²) in [5.74, 6) is -0.241. The molecule has 0 unspecified atom stereocenters. The molecule has 0 saturated heterocycles. The summed E-state index contributed by atoms with van der Waals surface area (Å²) in [6.45, 7) is 1.45. The van der Waals surface area contributed by atoms with Gasteiger partial charge in [-0.1, -0.05) is 18.2 Å². The molecule has 3 rings (SSSR count). The molecule has 0 bridgehead atoms. The maximum atomic E-state index is 10.8. The molecule has 0 atom stereocenters. The van der Waals surface area contributed by atoms with Crippen molar-refractivity contribution < 1.29 is 14.6 Å². The fourth-order valence-corrected chi connectivity index (χ4v) is 2.59. The zero-order chi connectivity index (χ0) is 14.7. The minimum absolute atomic E-state index is 0.269. The van der Waals surface area contributed by atoms with E-state index in [2.05, 4.69) is 23.1 Å². The Hall–Kier alpha value is -2.49. The number of aromatic carboxylic acids is 1. The SMILES string of the molecule is O=C(O)c1ccc(OCN2CCCc3ccccc32)cc1. The van der Waals surface area contributed by atoms with Gasteiger partial charge in [0.1, 0.15) is 5.75 Å². The number of hydrogen-bond donors (Lipinski definition) is 1. The van der Waals surface area contributed by atoms with E-state index in [1.54, 1.807) is 24.3 Å². The molecule has 2 aromatic rings. The average molecular weight is 283 g/mol. The van der Waals surface area contributed by atoms with Crippen molar-refractivity contribution in [1.82, 2.24) is 0 Å². The van der Waals surface area contributed by atoms with Gasteiger partial charge in [-0.2, -0.15) is 0 Å². The molecule has 0 saturated carbocycles. The van der Waals surface area contributed by atoms with E-state index in [0.717, 1.165) is 19.4 Å². The van der Waals surface area contributed by atoms with Crippen LogP contribution < -0.4 is 9.64 Å². The highest BCUT2D eigenvalue weighted by molar-refractivity contribution is 5.87. The molecule has 0 spiro atoms. The lowest BCUT2D eigenvalue weighted by atomic mass is 10.0. The standard InChI is InChI=1S/C17H17NO3/c19-17(20)14-7-9-15(10-8-14)21-12-18-11-3-5-13-4-1-2-6-16(13)18/h1-2,4,6-10H,3,5,11-12H2,(H,19,20). The van der Waals surface area contributed by atoms with Gasteiger partial charge in [0.2, 0.25) is 0 Å². The Kier molecular flexibility index (Phi) is 3.77. The second-order valence-corrected chi connectivity index (χ2v) is 5.10. The first kappa shape index (κ1) is 13.5. The zero-order valence-electron chi connectivity index (χ0n) is 11.7. The van der Waals surface area contributed by atoms with Gasteiger partial charge in [-0.3, -0.25) is 0 Å². The average Bonchev–Trinajstić information content (AvgIpc) is 2.53. The quantitative estimate of drug-likeness (QED) is 0.936. The summed E-state index contributed by atoms with van der Waals surface area (Å²) in [5, 5.41) is 8.87. The van der Waals surface area contributed by atoms with E-state index >= 15 is 0 Å². The van der Waals surface area contributed by atoms with E-state index in [9.17, 15) is 4.79 Å². The van der Waals surface area contributed by atoms with E-state index < -0.39 is 5.97 Å². The van der Waals surface area contributed by atoms with Gasteiger partial charge in [0.15, 0.2) is 6.73 Å². The molecule has 1 N–H and O–H groups in total. The van der Waals surface area contributed by atoms with Gasteiger partial charge in [-0.05, 0) is 48.7 Å². The van der Waals surface area contributed by atoms with Crippen LogP contribution in [0.2, 0.25) is 0 Å². The number of benzene rings is 2. The number of carboxylic acids is 1. The summed E-state index contributed by atoms with van der Waals surface area (Å²) in [4.78, 5) is 13.0. The summed E-state index contributed by atoms with van der Waals surface area (Å²) < 4.78 is 5.77. The summed E-state index contributed by atoms with van der Waals surface area (Å²) in [5.41, 5.74) is 2.85. The molecule has 0 aliphatic carbocycles. The lowest BCUT2D eigenvalue weighted by Gasteiger charge is -2.30. The molecule has 4 heteroatoms. The van der Waals surface area contributed by atoms with Crippen LogP contribution in [0.15, 0.2) is 48.5 Å². The fraction of sp³-hybridized carbons (Fsp3) is 0.235. The molecule has 108 valence electrons. The second-order valence-electron chi connectivity index (χ2n) is 5.10. The van der Waals surface area contributed by atoms with Crippen LogP contribution >= 0.6 is 0 Å². The lowest BCUT2D eigenvalue weighted by Crippen LogP contribution is -2.32. The first-order chi connectivity index (χ1) is 10.2. The smallest absolute Gasteiger partial charge is 0.335 e. The lowest BCUT2D eigenvalue weighted by molar-refractivity contribution is 0.0697. The number of anilines is 1. The molecule has 1 heterocycles. The summed E-state index contributed by atoms with van der Waals surface area (Å²) in [7, 11) is 0. The third kappa shape index (κ3) is 2.99. The van der Waals surface area contributed by atoms with Crippen molar-refractivity contribution in [3.05, 3.63) is 59.7 Å². The van der Waals surface area contributed by atoms with Gasteiger partial charge in [-0.15, -0.1) is 0 Å². The number of carboxylic acid groups (broad SMARTS) is 1. The summed E-state index contributed by atoms with van der Waals surface area (Å²) >= 11 is 0. The van der Waals surface area contributed by atoms with Crippen molar-refractivity contribution in [2.45, 2.75) is 12.8 Å². The molecule has 1 aliphatic heterocycles. The Balaban J connectivity index is 1.67. The van der Waals surface area contributed by atoms with Crippen LogP contribution in [0.1, 0.15) is 22.3 Å². The van der Waals surface area contributed by atoms with Crippen molar-refractivity contribution in [2.24, 2.45) is 0 Å². The molecule has 21 heavy (non-hydrogen) atoms. The first-order valence-electron chi connectivity index (χ1n) is 7.03. The third-order valence-corrected chi connectivity index (χ3v) is 3.69. The highest BCUT2D eigenvalue weighted by atomic mass is 16.5. The van der Waals surface area contributed by atoms with Crippen LogP contribution in [0, 0.1) is 0 Å². The van der Waals surface area contributed by atoms with Gasteiger partial charge in [0, 0.05) is 12.2 Å². The zero-order valence-corrected chi connectivity index (χ0v) is 11.7. The normalized spacial score (nSPS) is 13.6. The predicted molar refractivity (Wildman–Crippen MR) is 81.0 cm³/mol. The number of aryl methyl sites for hydroxylation is 1. The van der Waals surface area contributed by atoms with Gasteiger partial charge in [-0.25, -0.2) is 4.79 Å². The Morgan fingerprint density at radius 1 is 1.14 bits per heavy atom. The molecule has 0 amide bonds. The van der Waals surface area contributed by atoms with Crippen LogP contribution in [-0.4, -0.2) is 24.4 Å². The van der Waals surface area contributed by atoms with Crippen LogP contribution in [0.5, 0.6) is 5.75 Å². The molecule has 0 radical (unpaired) electrons. The van der Waals surface area contributed by atoms with Crippen LogP contribution in [-0.2, 0) is 6.42 Å². The van der Waals surface area contributed by atoms with Gasteiger partial charge in [0.25, 0.3) is 0 Å². The minimum Gasteiger partial charge on any atom is -0.478 e. The molecular formula is C17H17NO3. The number of rotatable bonds is 4. The Labute approximate surface area is 123 Å². The molecule has 0 aromatic heterocycles. The molecule has 2 aromatic carbocycles. The molecule has 0 fully saturated rings. The monoisotopic (exact) mass is 283 g/mol. The van der Waals surface area contributed by atoms with Crippen molar-refractivity contribution in [3.63, 3.8) is 0 Å². The fourth-order valence-electron chi connectivity index (χ4n) is 2.59. The van der Waals surface area contributed by atoms with E-state index in [1.165, 1.54) is 11.3 Å². The highest BCUT2D eigenvalue weighted by Gasteiger charge is 2.16. The number of para-hydroxylation sites is 1. The van der Waals surface area contributed by atoms with Crippen LogP contribution in [0.4, 0.5) is 5.69 Å². The predicted octanol–water partition coefficient (Wildman–Crippen LogP) is 3.17. The number of carbonyl (C=O) groups is 1. The Morgan fingerprint density at radius 2 is 1.90 bits per heavy atom. The number of ether oxygens (including phenoxy) is 1.